The molecular weight excluding hydrogens is 406 g/mol. The average Bonchev–Trinajstić information content (AvgIpc) is 2.67. The van der Waals surface area contributed by atoms with E-state index in [1.165, 1.54) is 17.0 Å². The van der Waals surface area contributed by atoms with Gasteiger partial charge in [-0.1, -0.05) is 0 Å². The van der Waals surface area contributed by atoms with Crippen molar-refractivity contribution in [2.24, 2.45) is 0 Å². The van der Waals surface area contributed by atoms with Crippen LogP contribution in [0.15, 0.2) is 53.4 Å². The van der Waals surface area contributed by atoms with E-state index in [-0.39, 0.29) is 23.4 Å². The van der Waals surface area contributed by atoms with E-state index >= 15 is 0 Å². The summed E-state index contributed by atoms with van der Waals surface area (Å²) < 4.78 is 53.1. The molecule has 0 unspecified atom stereocenters. The Morgan fingerprint density at radius 3 is 2.03 bits per heavy atom. The Labute approximate surface area is 167 Å². The van der Waals surface area contributed by atoms with Gasteiger partial charge in [0, 0.05) is 18.8 Å². The van der Waals surface area contributed by atoms with Crippen LogP contribution in [-0.2, 0) is 9.84 Å². The fourth-order valence-corrected chi connectivity index (χ4v) is 2.97. The number of esters is 1. The lowest BCUT2D eigenvalue weighted by Gasteiger charge is -2.20. The summed E-state index contributed by atoms with van der Waals surface area (Å²) in [4.78, 5) is 25.0. The van der Waals surface area contributed by atoms with E-state index in [4.69, 9.17) is 4.74 Å². The second-order valence-corrected chi connectivity index (χ2v) is 8.29. The summed E-state index contributed by atoms with van der Waals surface area (Å²) in [6.07, 6.45) is 0. The molecule has 0 aliphatic carbocycles. The number of benzene rings is 2. The van der Waals surface area contributed by atoms with Gasteiger partial charge in [0.05, 0.1) is 10.5 Å². The number of ether oxygens (including phenoxy) is 1. The van der Waals surface area contributed by atoms with Crippen molar-refractivity contribution < 1.29 is 31.5 Å². The van der Waals surface area contributed by atoms with Crippen LogP contribution in [0.2, 0.25) is 0 Å². The van der Waals surface area contributed by atoms with E-state index in [0.29, 0.717) is 5.69 Å². The van der Waals surface area contributed by atoms with Crippen LogP contribution in [0.5, 0.6) is 5.75 Å². The number of nitrogens with zero attached hydrogens (tertiary/aromatic N) is 1. The molecule has 10 heteroatoms. The number of sulfone groups is 1. The highest BCUT2D eigenvalue weighted by Gasteiger charge is 2.26. The number of nitrogens with one attached hydrogen (secondary N) is 1. The number of anilines is 1. The highest BCUT2D eigenvalue weighted by molar-refractivity contribution is 7.91. The van der Waals surface area contributed by atoms with Crippen LogP contribution in [0, 0.1) is 0 Å². The highest BCUT2D eigenvalue weighted by Crippen LogP contribution is 2.21. The Morgan fingerprint density at radius 2 is 1.55 bits per heavy atom. The molecule has 0 radical (unpaired) electrons. The zero-order valence-electron chi connectivity index (χ0n) is 15.9. The SMILES string of the molecule is CC(C)NC(=O)N(C)c1ccc(OC(=O)c2ccc(S(=O)(=O)C(F)F)cc2)cc1. The molecule has 1 N–H and O–H groups in total. The van der Waals surface area contributed by atoms with Gasteiger partial charge in [-0.15, -0.1) is 0 Å². The summed E-state index contributed by atoms with van der Waals surface area (Å²) in [6, 6.07) is 9.86. The minimum atomic E-state index is -4.73. The predicted molar refractivity (Wildman–Crippen MR) is 103 cm³/mol. The molecule has 0 bridgehead atoms. The van der Waals surface area contributed by atoms with E-state index in [9.17, 15) is 26.8 Å². The van der Waals surface area contributed by atoms with Gasteiger partial charge in [0.1, 0.15) is 5.75 Å². The van der Waals surface area contributed by atoms with Gasteiger partial charge < -0.3 is 10.1 Å². The van der Waals surface area contributed by atoms with Gasteiger partial charge in [-0.05, 0) is 62.4 Å². The highest BCUT2D eigenvalue weighted by atomic mass is 32.2. The molecule has 2 aromatic rings. The molecule has 0 aromatic heterocycles. The van der Waals surface area contributed by atoms with E-state index in [2.05, 4.69) is 5.32 Å². The van der Waals surface area contributed by atoms with Crippen molar-refractivity contribution in [1.82, 2.24) is 5.32 Å². The number of alkyl halides is 2. The van der Waals surface area contributed by atoms with Crippen LogP contribution in [0.4, 0.5) is 19.3 Å². The Morgan fingerprint density at radius 1 is 1.00 bits per heavy atom. The van der Waals surface area contributed by atoms with Gasteiger partial charge in [0.15, 0.2) is 0 Å². The smallest absolute Gasteiger partial charge is 0.343 e. The molecule has 0 saturated carbocycles. The van der Waals surface area contributed by atoms with Crippen molar-refractivity contribution in [3.05, 3.63) is 54.1 Å². The van der Waals surface area contributed by atoms with Crippen molar-refractivity contribution in [1.29, 1.82) is 0 Å². The number of amides is 2. The number of hydrogen-bond acceptors (Lipinski definition) is 5. The first-order valence-corrected chi connectivity index (χ1v) is 10.1. The number of rotatable bonds is 6. The summed E-state index contributed by atoms with van der Waals surface area (Å²) >= 11 is 0. The molecular formula is C19H20F2N2O5S. The molecule has 0 heterocycles. The van der Waals surface area contributed by atoms with E-state index in [1.54, 1.807) is 19.2 Å². The third-order valence-electron chi connectivity index (χ3n) is 3.80. The molecule has 0 aliphatic heterocycles. The standard InChI is InChI=1S/C19H20F2N2O5S/c1-12(2)22-19(25)23(3)14-6-8-15(9-7-14)28-17(24)13-4-10-16(11-5-13)29(26,27)18(20)21/h4-12,18H,1-3H3,(H,22,25). The van der Waals surface area contributed by atoms with E-state index in [1.807, 2.05) is 13.8 Å². The lowest BCUT2D eigenvalue weighted by molar-refractivity contribution is 0.0734. The van der Waals surface area contributed by atoms with Crippen LogP contribution in [0.25, 0.3) is 0 Å². The van der Waals surface area contributed by atoms with Gasteiger partial charge in [-0.2, -0.15) is 8.78 Å². The normalized spacial score (nSPS) is 11.4. The Hall–Kier alpha value is -3.01. The predicted octanol–water partition coefficient (Wildman–Crippen LogP) is 3.46. The van der Waals surface area contributed by atoms with E-state index in [0.717, 1.165) is 24.3 Å². The molecule has 0 atom stereocenters. The molecule has 2 rings (SSSR count). The van der Waals surface area contributed by atoms with Gasteiger partial charge >= 0.3 is 17.8 Å². The van der Waals surface area contributed by atoms with Crippen LogP contribution in [0.3, 0.4) is 0 Å². The maximum absolute atomic E-state index is 12.5. The zero-order valence-corrected chi connectivity index (χ0v) is 16.7. The van der Waals surface area contributed by atoms with Gasteiger partial charge in [-0.3, -0.25) is 4.90 Å². The molecule has 2 aromatic carbocycles. The maximum Gasteiger partial charge on any atom is 0.343 e. The molecule has 7 nitrogen and oxygen atoms in total. The lowest BCUT2D eigenvalue weighted by atomic mass is 10.2. The quantitative estimate of drug-likeness (QED) is 0.564. The van der Waals surface area contributed by atoms with Gasteiger partial charge in [0.25, 0.3) is 0 Å². The van der Waals surface area contributed by atoms with Crippen molar-refractivity contribution in [2.45, 2.75) is 30.5 Å². The van der Waals surface area contributed by atoms with Crippen LogP contribution >= 0.6 is 0 Å². The molecule has 29 heavy (non-hydrogen) atoms. The van der Waals surface area contributed by atoms with E-state index < -0.39 is 26.5 Å². The second-order valence-electron chi connectivity index (χ2n) is 6.38. The fourth-order valence-electron chi connectivity index (χ4n) is 2.25. The molecule has 156 valence electrons. The topological polar surface area (TPSA) is 92.8 Å². The first-order chi connectivity index (χ1) is 13.5. The monoisotopic (exact) mass is 426 g/mol. The Balaban J connectivity index is 2.07. The number of halogens is 2. The summed E-state index contributed by atoms with van der Waals surface area (Å²) in [5.74, 6) is -4.13. The number of carbonyl (C=O) groups is 2. The molecule has 0 saturated heterocycles. The van der Waals surface area contributed by atoms with Gasteiger partial charge in [-0.25, -0.2) is 18.0 Å². The number of carbonyl (C=O) groups excluding carboxylic acids is 2. The Kier molecular flexibility index (Phi) is 6.91. The molecule has 2 amide bonds. The minimum Gasteiger partial charge on any atom is -0.423 e. The summed E-state index contributed by atoms with van der Waals surface area (Å²) in [7, 11) is -3.14. The van der Waals surface area contributed by atoms with Crippen molar-refractivity contribution in [3.8, 4) is 5.75 Å². The molecule has 0 fully saturated rings. The molecule has 0 aliphatic rings. The third kappa shape index (κ3) is 5.50. The molecule has 0 spiro atoms. The summed E-state index contributed by atoms with van der Waals surface area (Å²) in [5.41, 5.74) is 0.570. The largest absolute Gasteiger partial charge is 0.423 e. The number of hydrogen-bond donors (Lipinski definition) is 1. The first-order valence-electron chi connectivity index (χ1n) is 8.51. The summed E-state index contributed by atoms with van der Waals surface area (Å²) in [5, 5.41) is 2.74. The van der Waals surface area contributed by atoms with Crippen LogP contribution < -0.4 is 15.0 Å². The first kappa shape index (κ1) is 22.3. The van der Waals surface area contributed by atoms with Crippen LogP contribution in [0.1, 0.15) is 24.2 Å². The average molecular weight is 426 g/mol. The van der Waals surface area contributed by atoms with Gasteiger partial charge in [0.2, 0.25) is 9.84 Å². The Bertz CT molecular complexity index is 975. The third-order valence-corrected chi connectivity index (χ3v) is 5.20. The minimum absolute atomic E-state index is 0.00396. The van der Waals surface area contributed by atoms with Crippen molar-refractivity contribution in [2.75, 3.05) is 11.9 Å². The fraction of sp³-hybridized carbons (Fsp3) is 0.263. The maximum atomic E-state index is 12.5. The second kappa shape index (κ2) is 8.99. The van der Waals surface area contributed by atoms with Crippen LogP contribution in [-0.4, -0.2) is 39.3 Å². The zero-order chi connectivity index (χ0) is 21.8. The summed E-state index contributed by atoms with van der Waals surface area (Å²) in [6.45, 7) is 3.67. The van der Waals surface area contributed by atoms with Crippen molar-refractivity contribution in [3.63, 3.8) is 0 Å². The number of urea groups is 1. The lowest BCUT2D eigenvalue weighted by Crippen LogP contribution is -2.40. The van der Waals surface area contributed by atoms with Crippen molar-refractivity contribution >= 4 is 27.5 Å².